The highest BCUT2D eigenvalue weighted by atomic mass is 16.5. The van der Waals surface area contributed by atoms with E-state index in [9.17, 15) is 39.3 Å². The molecule has 0 bridgehead atoms. The van der Waals surface area contributed by atoms with Crippen LogP contribution >= 0.6 is 0 Å². The van der Waals surface area contributed by atoms with Crippen LogP contribution in [0, 0.1) is 92.2 Å². The SMILES string of the molecule is C=C(CCCC(=O)[C@H](C)[C@@H](CO)C1CCCN1C(=O)C[C@@H](CO)[C@H](CC)N(C)C(=O)[C@@H](NC(=O)[C@H](C(C)C)N(C)C)C(C)C)[C@@H]1CC[C@]2(CO)CC[C@]3(C)C(CCC4[C@@]5(C)CC[C@H](COC=O)C(C)(C)[C@@H]5CC[C@]43C)[C@@H]12. The van der Waals surface area contributed by atoms with Crippen molar-refractivity contribution in [2.75, 3.05) is 54.1 Å². The molecular formula is C63H108N4O9. The van der Waals surface area contributed by atoms with Gasteiger partial charge in [0.2, 0.25) is 17.7 Å². The van der Waals surface area contributed by atoms with Gasteiger partial charge in [-0.1, -0.05) is 88.3 Å². The molecule has 4 N–H and O–H groups in total. The number of carbonyl (C=O) groups is 5. The van der Waals surface area contributed by atoms with Gasteiger partial charge in [-0.05, 0) is 185 Å². The van der Waals surface area contributed by atoms with Crippen molar-refractivity contribution in [2.45, 2.75) is 209 Å². The van der Waals surface area contributed by atoms with Crippen LogP contribution < -0.4 is 5.32 Å². The van der Waals surface area contributed by atoms with Gasteiger partial charge in [-0.2, -0.15) is 0 Å². The van der Waals surface area contributed by atoms with Gasteiger partial charge in [0.1, 0.15) is 11.8 Å². The normalized spacial score (nSPS) is 35.2. The lowest BCUT2D eigenvalue weighted by Gasteiger charge is -2.73. The summed E-state index contributed by atoms with van der Waals surface area (Å²) in [4.78, 5) is 72.7. The Morgan fingerprint density at radius 3 is 2.11 bits per heavy atom. The Bertz CT molecular complexity index is 2040. The summed E-state index contributed by atoms with van der Waals surface area (Å²) in [5.41, 5.74) is 1.77. The zero-order valence-electron chi connectivity index (χ0n) is 50.1. The minimum atomic E-state index is -0.782. The van der Waals surface area contributed by atoms with E-state index in [1.807, 2.05) is 65.4 Å². The number of carbonyl (C=O) groups excluding carboxylic acids is 5. The third-order valence-electron chi connectivity index (χ3n) is 23.6. The van der Waals surface area contributed by atoms with E-state index in [0.717, 1.165) is 44.9 Å². The molecule has 3 amide bonds. The molecule has 1 heterocycles. The van der Waals surface area contributed by atoms with Crippen molar-refractivity contribution < 1.29 is 44.0 Å². The molecule has 6 rings (SSSR count). The van der Waals surface area contributed by atoms with Gasteiger partial charge in [0.25, 0.3) is 6.47 Å². The number of nitrogens with zero attached hydrogens (tertiary/aromatic N) is 3. The molecule has 6 aliphatic rings. The number of Topliss-reactive ketones (excluding diaryl/α,β-unsaturated/α-hetero) is 1. The Balaban J connectivity index is 1.07. The van der Waals surface area contributed by atoms with E-state index in [2.05, 4.69) is 39.9 Å². The van der Waals surface area contributed by atoms with Crippen molar-refractivity contribution in [2.24, 2.45) is 92.2 Å². The summed E-state index contributed by atoms with van der Waals surface area (Å²) in [5.74, 6) is 0.610. The third-order valence-corrected chi connectivity index (χ3v) is 23.6. The number of aliphatic hydroxyl groups excluding tert-OH is 3. The number of hydrogen-bond acceptors (Lipinski definition) is 10. The first-order valence-electron chi connectivity index (χ1n) is 30.3. The van der Waals surface area contributed by atoms with E-state index in [1.54, 1.807) is 11.9 Å². The Labute approximate surface area is 460 Å². The van der Waals surface area contributed by atoms with Crippen LogP contribution in [-0.4, -0.2) is 138 Å². The van der Waals surface area contributed by atoms with Crippen molar-refractivity contribution in [1.29, 1.82) is 0 Å². The fourth-order valence-corrected chi connectivity index (χ4v) is 19.2. The monoisotopic (exact) mass is 1060 g/mol. The van der Waals surface area contributed by atoms with E-state index in [0.29, 0.717) is 80.8 Å². The summed E-state index contributed by atoms with van der Waals surface area (Å²) in [6.07, 6.45) is 15.1. The predicted molar refractivity (Wildman–Crippen MR) is 300 cm³/mol. The van der Waals surface area contributed by atoms with E-state index in [4.69, 9.17) is 11.3 Å². The van der Waals surface area contributed by atoms with Gasteiger partial charge in [-0.25, -0.2) is 0 Å². The van der Waals surface area contributed by atoms with Gasteiger partial charge in [0, 0.05) is 76.1 Å². The molecular weight excluding hydrogens is 957 g/mol. The minimum absolute atomic E-state index is 0.0129. The quantitative estimate of drug-likeness (QED) is 0.0509. The van der Waals surface area contributed by atoms with Crippen molar-refractivity contribution >= 4 is 30.0 Å². The van der Waals surface area contributed by atoms with E-state index >= 15 is 0 Å². The lowest BCUT2D eigenvalue weighted by atomic mass is 9.32. The average Bonchev–Trinajstić information content (AvgIpc) is 4.01. The topological polar surface area (TPSA) is 177 Å². The summed E-state index contributed by atoms with van der Waals surface area (Å²) < 4.78 is 5.40. The molecule has 0 radical (unpaired) electrons. The van der Waals surface area contributed by atoms with Crippen LogP contribution in [0.25, 0.3) is 0 Å². The molecule has 5 saturated carbocycles. The minimum Gasteiger partial charge on any atom is -0.468 e. The van der Waals surface area contributed by atoms with Crippen molar-refractivity contribution in [3.63, 3.8) is 0 Å². The molecule has 0 aromatic rings. The first-order valence-corrected chi connectivity index (χ1v) is 30.3. The molecule has 13 heteroatoms. The Morgan fingerprint density at radius 2 is 1.51 bits per heavy atom. The smallest absolute Gasteiger partial charge is 0.293 e. The van der Waals surface area contributed by atoms with E-state index in [1.165, 1.54) is 37.7 Å². The standard InChI is InChI=1S/C63H108N4O9/c1-16-48(66(15)58(75)55(39(2)3)64-57(74)56(40(4)5)65(13)14)43(34-68)33-53(73)67-32-18-20-49(67)46(35-69)42(7)50(72)21-17-19-41(6)45-25-29-63(37-70)31-30-61(11)47(54(45)63)22-23-52-60(10)27-24-44(36-76-38-71)59(8,9)51(60)26-28-62(52,61)12/h38-40,42-49,51-52,54-56,68-70H,6,16-37H2,1-5,7-15H3,(H,64,74)/t42-,43+,44-,45+,46-,47?,48+,49?,51+,52?,54-,55+,56+,60+,61-,62-,63-/m1/s1. The molecule has 76 heavy (non-hydrogen) atoms. The lowest BCUT2D eigenvalue weighted by Crippen LogP contribution is -2.66. The number of nitrogens with one attached hydrogen (secondary N) is 1. The first-order chi connectivity index (χ1) is 35.7. The number of amides is 3. The molecule has 1 saturated heterocycles. The highest BCUT2D eigenvalue weighted by Crippen LogP contribution is 2.78. The molecule has 3 unspecified atom stereocenters. The van der Waals surface area contributed by atoms with Crippen LogP contribution in [0.1, 0.15) is 185 Å². The molecule has 5 aliphatic carbocycles. The van der Waals surface area contributed by atoms with Crippen molar-refractivity contribution in [3.05, 3.63) is 12.2 Å². The van der Waals surface area contributed by atoms with E-state index < -0.39 is 35.9 Å². The fraction of sp³-hybridized carbons (Fsp3) is 0.889. The number of aliphatic hydroxyl groups is 3. The van der Waals surface area contributed by atoms with Crippen molar-refractivity contribution in [3.8, 4) is 0 Å². The summed E-state index contributed by atoms with van der Waals surface area (Å²) in [7, 11) is 5.40. The van der Waals surface area contributed by atoms with Gasteiger partial charge in [-0.3, -0.25) is 28.9 Å². The maximum absolute atomic E-state index is 14.3. The molecule has 434 valence electrons. The maximum atomic E-state index is 14.3. The Kier molecular flexibility index (Phi) is 20.4. The lowest BCUT2D eigenvalue weighted by molar-refractivity contribution is -0.246. The van der Waals surface area contributed by atoms with Gasteiger partial charge in [-0.15, -0.1) is 0 Å². The third kappa shape index (κ3) is 11.4. The zero-order valence-corrected chi connectivity index (χ0v) is 50.1. The average molecular weight is 1070 g/mol. The van der Waals surface area contributed by atoms with Gasteiger partial charge in [0.05, 0.1) is 12.6 Å². The number of hydrogen-bond donors (Lipinski definition) is 4. The molecule has 13 nitrogen and oxygen atoms in total. The van der Waals surface area contributed by atoms with Crippen LogP contribution in [-0.2, 0) is 28.7 Å². The summed E-state index contributed by atoms with van der Waals surface area (Å²) in [6.45, 7) is 30.5. The molecule has 17 atom stereocenters. The maximum Gasteiger partial charge on any atom is 0.293 e. The first kappa shape index (κ1) is 62.3. The van der Waals surface area contributed by atoms with Gasteiger partial charge >= 0.3 is 0 Å². The highest BCUT2D eigenvalue weighted by Gasteiger charge is 2.71. The zero-order chi connectivity index (χ0) is 56.5. The number of rotatable bonds is 25. The number of ether oxygens (including phenoxy) is 1. The second-order valence-electron chi connectivity index (χ2n) is 28.2. The summed E-state index contributed by atoms with van der Waals surface area (Å²) >= 11 is 0. The van der Waals surface area contributed by atoms with Crippen molar-refractivity contribution in [1.82, 2.24) is 20.0 Å². The van der Waals surface area contributed by atoms with Crippen LogP contribution in [0.3, 0.4) is 0 Å². The van der Waals surface area contributed by atoms with Crippen LogP contribution in [0.5, 0.6) is 0 Å². The van der Waals surface area contributed by atoms with Crippen LogP contribution in [0.2, 0.25) is 0 Å². The summed E-state index contributed by atoms with van der Waals surface area (Å²) in [5, 5.41) is 36.1. The second kappa shape index (κ2) is 24.9. The fourth-order valence-electron chi connectivity index (χ4n) is 19.2. The predicted octanol–water partition coefficient (Wildman–Crippen LogP) is 9.34. The molecule has 0 spiro atoms. The van der Waals surface area contributed by atoms with Crippen LogP contribution in [0.4, 0.5) is 0 Å². The summed E-state index contributed by atoms with van der Waals surface area (Å²) in [6, 6.07) is -1.98. The number of ketones is 1. The van der Waals surface area contributed by atoms with E-state index in [-0.39, 0.29) is 94.7 Å². The second-order valence-corrected chi connectivity index (χ2v) is 28.2. The number of fused-ring (bicyclic) bond motifs is 7. The molecule has 6 fully saturated rings. The van der Waals surface area contributed by atoms with Crippen LogP contribution in [0.15, 0.2) is 12.2 Å². The van der Waals surface area contributed by atoms with Gasteiger partial charge < -0.3 is 35.2 Å². The molecule has 0 aromatic carbocycles. The van der Waals surface area contributed by atoms with Gasteiger partial charge in [0.15, 0.2) is 0 Å². The molecule has 1 aliphatic heterocycles. The number of allylic oxidation sites excluding steroid dienone is 1. The number of likely N-dealkylation sites (tertiary alicyclic amines) is 1. The highest BCUT2D eigenvalue weighted by molar-refractivity contribution is 5.90. The number of likely N-dealkylation sites (N-methyl/N-ethyl adjacent to an activating group) is 2. The Hall–Kier alpha value is -2.87. The Morgan fingerprint density at radius 1 is 0.816 bits per heavy atom. The molecule has 0 aromatic heterocycles. The largest absolute Gasteiger partial charge is 0.468 e.